The Morgan fingerprint density at radius 1 is 0.950 bits per heavy atom. The zero-order valence-electron chi connectivity index (χ0n) is 22.2. The summed E-state index contributed by atoms with van der Waals surface area (Å²) in [5, 5.41) is 23.4. The Morgan fingerprint density at radius 3 is 2.45 bits per heavy atom. The summed E-state index contributed by atoms with van der Waals surface area (Å²) in [6, 6.07) is 24.5. The van der Waals surface area contributed by atoms with Gasteiger partial charge in [0.05, 0.1) is 10.6 Å². The van der Waals surface area contributed by atoms with E-state index in [1.54, 1.807) is 16.8 Å². The Kier molecular flexibility index (Phi) is 7.01. The molecule has 0 spiro atoms. The number of tetrazole rings is 1. The highest BCUT2D eigenvalue weighted by Crippen LogP contribution is 2.33. The summed E-state index contributed by atoms with van der Waals surface area (Å²) in [7, 11) is 0. The number of aryl methyl sites for hydroxylation is 2. The lowest BCUT2D eigenvalue weighted by Gasteiger charge is -2.20. The first-order valence-electron chi connectivity index (χ1n) is 13.5. The average molecular weight is 533 g/mol. The molecule has 40 heavy (non-hydrogen) atoms. The van der Waals surface area contributed by atoms with E-state index in [1.165, 1.54) is 36.2 Å². The molecule has 3 aromatic carbocycles. The molecule has 2 aromatic heterocycles. The van der Waals surface area contributed by atoms with Crippen molar-refractivity contribution in [1.29, 1.82) is 0 Å². The standard InChI is InChI=1S/C31H28N6O3/c1-2-23-19-30(28-9-5-6-10-29(28)32-23)40-20-21-11-13-22(14-12-21)26-7-3-4-8-27(26)31-33-34-35-36(31)24-15-17-25(18-16-24)37(38)39/h3-4,7-8,11-19H,2,5-6,9-10,20H2,1H3. The molecule has 0 fully saturated rings. The molecule has 0 radical (unpaired) electrons. The van der Waals surface area contributed by atoms with E-state index in [0.717, 1.165) is 53.0 Å². The van der Waals surface area contributed by atoms with Crippen molar-refractivity contribution in [2.24, 2.45) is 0 Å². The summed E-state index contributed by atoms with van der Waals surface area (Å²) in [5.74, 6) is 1.51. The molecular formula is C31H28N6O3. The number of nitrogens with zero attached hydrogens (tertiary/aromatic N) is 6. The van der Waals surface area contributed by atoms with Crippen molar-refractivity contribution >= 4 is 5.69 Å². The number of non-ortho nitro benzene ring substituents is 1. The minimum atomic E-state index is -0.429. The second kappa shape index (κ2) is 11.1. The monoisotopic (exact) mass is 532 g/mol. The summed E-state index contributed by atoms with van der Waals surface area (Å²) < 4.78 is 7.93. The normalized spacial score (nSPS) is 12.6. The number of fused-ring (bicyclic) bond motifs is 1. The molecule has 5 aromatic rings. The molecule has 9 nitrogen and oxygen atoms in total. The molecule has 1 aliphatic rings. The van der Waals surface area contributed by atoms with Crippen LogP contribution in [-0.4, -0.2) is 30.1 Å². The van der Waals surface area contributed by atoms with Crippen LogP contribution in [0.3, 0.4) is 0 Å². The molecule has 0 N–H and O–H groups in total. The Balaban J connectivity index is 1.25. The van der Waals surface area contributed by atoms with Gasteiger partial charge in [0.25, 0.3) is 5.69 Å². The van der Waals surface area contributed by atoms with Gasteiger partial charge in [-0.2, -0.15) is 4.68 Å². The van der Waals surface area contributed by atoms with Crippen LogP contribution in [0.2, 0.25) is 0 Å². The minimum Gasteiger partial charge on any atom is -0.488 e. The van der Waals surface area contributed by atoms with E-state index in [-0.39, 0.29) is 5.69 Å². The van der Waals surface area contributed by atoms with Gasteiger partial charge in [0.2, 0.25) is 0 Å². The smallest absolute Gasteiger partial charge is 0.269 e. The number of ether oxygens (including phenoxy) is 1. The van der Waals surface area contributed by atoms with Crippen molar-refractivity contribution < 1.29 is 9.66 Å². The van der Waals surface area contributed by atoms with Crippen LogP contribution in [0.15, 0.2) is 78.9 Å². The highest BCUT2D eigenvalue weighted by molar-refractivity contribution is 5.81. The fourth-order valence-electron chi connectivity index (χ4n) is 5.15. The summed E-state index contributed by atoms with van der Waals surface area (Å²) in [6.45, 7) is 2.61. The van der Waals surface area contributed by atoms with Crippen molar-refractivity contribution in [3.05, 3.63) is 111 Å². The Labute approximate surface area is 231 Å². The van der Waals surface area contributed by atoms with E-state index in [1.807, 2.05) is 24.3 Å². The van der Waals surface area contributed by atoms with Crippen molar-refractivity contribution in [1.82, 2.24) is 25.2 Å². The lowest BCUT2D eigenvalue weighted by Crippen LogP contribution is -2.10. The van der Waals surface area contributed by atoms with Gasteiger partial charge in [-0.1, -0.05) is 55.5 Å². The lowest BCUT2D eigenvalue weighted by molar-refractivity contribution is -0.384. The van der Waals surface area contributed by atoms with Gasteiger partial charge in [-0.25, -0.2) is 0 Å². The van der Waals surface area contributed by atoms with E-state index >= 15 is 0 Å². The second-order valence-electron chi connectivity index (χ2n) is 9.82. The maximum atomic E-state index is 11.1. The van der Waals surface area contributed by atoms with Gasteiger partial charge in [-0.05, 0) is 71.4 Å². The number of nitro groups is 1. The fourth-order valence-corrected chi connectivity index (χ4v) is 5.15. The topological polar surface area (TPSA) is 109 Å². The van der Waals surface area contributed by atoms with Crippen LogP contribution < -0.4 is 4.74 Å². The number of aromatic nitrogens is 5. The Hall–Kier alpha value is -4.92. The molecule has 1 aliphatic carbocycles. The molecule has 2 heterocycles. The number of hydrogen-bond donors (Lipinski definition) is 0. The van der Waals surface area contributed by atoms with Crippen LogP contribution in [0.1, 0.15) is 42.3 Å². The molecule has 0 atom stereocenters. The van der Waals surface area contributed by atoms with Gasteiger partial charge in [0, 0.05) is 40.7 Å². The van der Waals surface area contributed by atoms with E-state index in [9.17, 15) is 10.1 Å². The highest BCUT2D eigenvalue weighted by Gasteiger charge is 2.18. The molecule has 0 amide bonds. The van der Waals surface area contributed by atoms with Crippen molar-refractivity contribution in [3.8, 4) is 34.0 Å². The van der Waals surface area contributed by atoms with Gasteiger partial charge in [0.1, 0.15) is 12.4 Å². The molecule has 0 bridgehead atoms. The van der Waals surface area contributed by atoms with Crippen molar-refractivity contribution in [2.45, 2.75) is 45.6 Å². The van der Waals surface area contributed by atoms with E-state index in [0.29, 0.717) is 18.1 Å². The van der Waals surface area contributed by atoms with Crippen LogP contribution in [0.25, 0.3) is 28.2 Å². The number of hydrogen-bond acceptors (Lipinski definition) is 7. The maximum Gasteiger partial charge on any atom is 0.269 e. The minimum absolute atomic E-state index is 0.0115. The second-order valence-corrected chi connectivity index (χ2v) is 9.82. The van der Waals surface area contributed by atoms with Gasteiger partial charge >= 0.3 is 0 Å². The van der Waals surface area contributed by atoms with E-state index < -0.39 is 4.92 Å². The molecule has 0 saturated carbocycles. The maximum absolute atomic E-state index is 11.1. The Morgan fingerprint density at radius 2 is 1.70 bits per heavy atom. The first-order chi connectivity index (χ1) is 19.6. The van der Waals surface area contributed by atoms with Crippen LogP contribution in [-0.2, 0) is 25.9 Å². The average Bonchev–Trinajstić information content (AvgIpc) is 3.50. The Bertz CT molecular complexity index is 1660. The fraction of sp³-hybridized carbons (Fsp3) is 0.226. The van der Waals surface area contributed by atoms with Gasteiger partial charge in [0.15, 0.2) is 5.82 Å². The van der Waals surface area contributed by atoms with Crippen LogP contribution in [0.5, 0.6) is 5.75 Å². The van der Waals surface area contributed by atoms with Crippen molar-refractivity contribution in [3.63, 3.8) is 0 Å². The predicted molar refractivity (Wildman–Crippen MR) is 151 cm³/mol. The third-order valence-corrected chi connectivity index (χ3v) is 7.28. The molecule has 200 valence electrons. The van der Waals surface area contributed by atoms with Gasteiger partial charge in [-0.15, -0.1) is 5.10 Å². The summed E-state index contributed by atoms with van der Waals surface area (Å²) >= 11 is 0. The molecule has 0 unspecified atom stereocenters. The van der Waals surface area contributed by atoms with Gasteiger partial charge in [-0.3, -0.25) is 15.1 Å². The first kappa shape index (κ1) is 25.4. The molecule has 0 aliphatic heterocycles. The number of benzene rings is 3. The summed E-state index contributed by atoms with van der Waals surface area (Å²) in [4.78, 5) is 15.5. The third kappa shape index (κ3) is 5.05. The molecule has 6 rings (SSSR count). The first-order valence-corrected chi connectivity index (χ1v) is 13.5. The SMILES string of the molecule is CCc1cc(OCc2ccc(-c3ccccc3-c3nnnn3-c3ccc([N+](=O)[O-])cc3)cc2)c2c(n1)CCCC2. The van der Waals surface area contributed by atoms with Crippen LogP contribution >= 0.6 is 0 Å². The molecular weight excluding hydrogens is 504 g/mol. The van der Waals surface area contributed by atoms with E-state index in [2.05, 4.69) is 52.8 Å². The quantitative estimate of drug-likeness (QED) is 0.170. The van der Waals surface area contributed by atoms with Gasteiger partial charge < -0.3 is 4.74 Å². The zero-order valence-corrected chi connectivity index (χ0v) is 22.2. The number of pyridine rings is 1. The number of rotatable bonds is 8. The summed E-state index contributed by atoms with van der Waals surface area (Å²) in [6.07, 6.45) is 5.32. The lowest BCUT2D eigenvalue weighted by atomic mass is 9.94. The van der Waals surface area contributed by atoms with Crippen LogP contribution in [0, 0.1) is 10.1 Å². The largest absolute Gasteiger partial charge is 0.488 e. The highest BCUT2D eigenvalue weighted by atomic mass is 16.6. The van der Waals surface area contributed by atoms with Crippen LogP contribution in [0.4, 0.5) is 5.69 Å². The van der Waals surface area contributed by atoms with E-state index in [4.69, 9.17) is 9.72 Å². The molecule has 0 saturated heterocycles. The molecule has 9 heteroatoms. The predicted octanol–water partition coefficient (Wildman–Crippen LogP) is 6.32. The third-order valence-electron chi connectivity index (χ3n) is 7.28. The van der Waals surface area contributed by atoms with Crippen molar-refractivity contribution in [2.75, 3.05) is 0 Å². The zero-order chi connectivity index (χ0) is 27.5. The summed E-state index contributed by atoms with van der Waals surface area (Å²) in [5.41, 5.74) is 8.12. The number of nitro benzene ring substituents is 1.